The third-order valence-electron chi connectivity index (χ3n) is 4.62. The van der Waals surface area contributed by atoms with Crippen LogP contribution in [-0.4, -0.2) is 28.1 Å². The predicted octanol–water partition coefficient (Wildman–Crippen LogP) is 1.19. The van der Waals surface area contributed by atoms with Gasteiger partial charge in [0.25, 0.3) is 0 Å². The fraction of sp³-hybridized carbons (Fsp3) is 0.471. The lowest BCUT2D eigenvalue weighted by Gasteiger charge is -2.31. The molecule has 1 amide bonds. The van der Waals surface area contributed by atoms with Gasteiger partial charge >= 0.3 is 11.1 Å². The molecule has 1 aliphatic heterocycles. The second-order valence-electron chi connectivity index (χ2n) is 6.32. The zero-order valence-corrected chi connectivity index (χ0v) is 14.3. The molecule has 1 aromatic heterocycles. The predicted molar refractivity (Wildman–Crippen MR) is 94.8 cm³/mol. The summed E-state index contributed by atoms with van der Waals surface area (Å²) in [7, 11) is 3.17. The summed E-state index contributed by atoms with van der Waals surface area (Å²) in [6.45, 7) is 3.29. The topological polar surface area (TPSA) is 76.3 Å². The molecule has 7 heteroatoms. The number of nitrogens with zero attached hydrogens (tertiary/aromatic N) is 3. The molecular formula is C17H22N4O3. The van der Waals surface area contributed by atoms with Gasteiger partial charge < -0.3 is 19.4 Å². The standard InChI is InChI=1S/C17H22N4O3/c1-11(22)18-12-9-14-15(20(3)17(24)16(23)19(14)2)10-13(12)21-7-5-4-6-8-21/h9-10H,4-8H2,1-3H3,(H,18,22). The summed E-state index contributed by atoms with van der Waals surface area (Å²) in [5.74, 6) is -0.164. The van der Waals surface area contributed by atoms with Crippen molar-refractivity contribution in [2.45, 2.75) is 26.2 Å². The Kier molecular flexibility index (Phi) is 4.17. The first kappa shape index (κ1) is 16.3. The van der Waals surface area contributed by atoms with Crippen LogP contribution in [0, 0.1) is 0 Å². The van der Waals surface area contributed by atoms with Crippen molar-refractivity contribution in [3.63, 3.8) is 0 Å². The van der Waals surface area contributed by atoms with Crippen LogP contribution in [0.25, 0.3) is 11.0 Å². The van der Waals surface area contributed by atoms with E-state index in [9.17, 15) is 14.4 Å². The number of nitrogens with one attached hydrogen (secondary N) is 1. The van der Waals surface area contributed by atoms with E-state index in [0.717, 1.165) is 31.6 Å². The fourth-order valence-corrected chi connectivity index (χ4v) is 3.30. The molecule has 24 heavy (non-hydrogen) atoms. The Bertz CT molecular complexity index is 920. The summed E-state index contributed by atoms with van der Waals surface area (Å²) in [4.78, 5) is 38.0. The number of hydrogen-bond acceptors (Lipinski definition) is 4. The Morgan fingerprint density at radius 2 is 1.50 bits per heavy atom. The summed E-state index contributed by atoms with van der Waals surface area (Å²) in [6.07, 6.45) is 3.40. The third-order valence-corrected chi connectivity index (χ3v) is 4.62. The second kappa shape index (κ2) is 6.14. The van der Waals surface area contributed by atoms with Crippen LogP contribution in [-0.2, 0) is 18.9 Å². The van der Waals surface area contributed by atoms with Crippen LogP contribution in [0.1, 0.15) is 26.2 Å². The van der Waals surface area contributed by atoms with Crippen molar-refractivity contribution in [2.24, 2.45) is 14.1 Å². The number of hydrogen-bond donors (Lipinski definition) is 1. The smallest absolute Gasteiger partial charge is 0.316 e. The minimum atomic E-state index is -0.579. The lowest BCUT2D eigenvalue weighted by Crippen LogP contribution is -2.39. The van der Waals surface area contributed by atoms with Crippen molar-refractivity contribution in [1.82, 2.24) is 9.13 Å². The van der Waals surface area contributed by atoms with E-state index in [2.05, 4.69) is 10.2 Å². The molecule has 0 unspecified atom stereocenters. The normalized spacial score (nSPS) is 14.9. The van der Waals surface area contributed by atoms with Gasteiger partial charge in [0.15, 0.2) is 0 Å². The molecule has 3 rings (SSSR count). The third kappa shape index (κ3) is 2.70. The van der Waals surface area contributed by atoms with E-state index >= 15 is 0 Å². The Morgan fingerprint density at radius 3 is 2.04 bits per heavy atom. The summed E-state index contributed by atoms with van der Waals surface area (Å²) in [6, 6.07) is 3.67. The molecule has 0 radical (unpaired) electrons. The molecule has 0 aliphatic carbocycles. The van der Waals surface area contributed by atoms with Gasteiger partial charge in [-0.25, -0.2) is 0 Å². The largest absolute Gasteiger partial charge is 0.370 e. The maximum atomic E-state index is 12.1. The van der Waals surface area contributed by atoms with Crippen molar-refractivity contribution < 1.29 is 4.79 Å². The number of piperidine rings is 1. The van der Waals surface area contributed by atoms with Crippen molar-refractivity contribution in [3.05, 3.63) is 32.8 Å². The van der Waals surface area contributed by atoms with Crippen LogP contribution in [0.4, 0.5) is 11.4 Å². The quantitative estimate of drug-likeness (QED) is 0.839. The maximum absolute atomic E-state index is 12.1. The van der Waals surface area contributed by atoms with E-state index in [0.29, 0.717) is 16.7 Å². The van der Waals surface area contributed by atoms with E-state index in [-0.39, 0.29) is 5.91 Å². The Labute approximate surface area is 139 Å². The monoisotopic (exact) mass is 330 g/mol. The van der Waals surface area contributed by atoms with Gasteiger partial charge in [-0.2, -0.15) is 0 Å². The minimum Gasteiger partial charge on any atom is -0.370 e. The number of anilines is 2. The Balaban J connectivity index is 2.30. The molecule has 0 atom stereocenters. The molecule has 1 saturated heterocycles. The molecule has 1 aliphatic rings. The average Bonchev–Trinajstić information content (AvgIpc) is 2.58. The number of benzene rings is 1. The molecule has 128 valence electrons. The average molecular weight is 330 g/mol. The van der Waals surface area contributed by atoms with E-state index in [4.69, 9.17) is 0 Å². The van der Waals surface area contributed by atoms with Crippen LogP contribution in [0.5, 0.6) is 0 Å². The van der Waals surface area contributed by atoms with Crippen molar-refractivity contribution in [3.8, 4) is 0 Å². The second-order valence-corrected chi connectivity index (χ2v) is 6.32. The van der Waals surface area contributed by atoms with Gasteiger partial charge in [0.1, 0.15) is 0 Å². The number of aryl methyl sites for hydroxylation is 2. The highest BCUT2D eigenvalue weighted by atomic mass is 16.2. The molecule has 1 N–H and O–H groups in total. The molecule has 0 saturated carbocycles. The van der Waals surface area contributed by atoms with Gasteiger partial charge in [-0.15, -0.1) is 0 Å². The molecule has 2 aromatic rings. The first-order valence-corrected chi connectivity index (χ1v) is 8.16. The molecule has 2 heterocycles. The maximum Gasteiger partial charge on any atom is 0.316 e. The van der Waals surface area contributed by atoms with E-state index in [1.165, 1.54) is 22.5 Å². The van der Waals surface area contributed by atoms with Gasteiger partial charge in [-0.1, -0.05) is 0 Å². The van der Waals surface area contributed by atoms with Crippen LogP contribution >= 0.6 is 0 Å². The highest BCUT2D eigenvalue weighted by Gasteiger charge is 2.19. The number of rotatable bonds is 2. The highest BCUT2D eigenvalue weighted by molar-refractivity contribution is 5.97. The molecule has 0 spiro atoms. The zero-order valence-electron chi connectivity index (χ0n) is 14.3. The van der Waals surface area contributed by atoms with Crippen molar-refractivity contribution in [1.29, 1.82) is 0 Å². The summed E-state index contributed by atoms with van der Waals surface area (Å²) >= 11 is 0. The molecule has 7 nitrogen and oxygen atoms in total. The molecule has 0 bridgehead atoms. The van der Waals surface area contributed by atoms with Gasteiger partial charge in [0.05, 0.1) is 22.4 Å². The summed E-state index contributed by atoms with van der Waals surface area (Å²) in [5.41, 5.74) is 1.73. The number of aromatic nitrogens is 2. The van der Waals surface area contributed by atoms with Crippen LogP contribution in [0.2, 0.25) is 0 Å². The highest BCUT2D eigenvalue weighted by Crippen LogP contribution is 2.32. The minimum absolute atomic E-state index is 0.164. The lowest BCUT2D eigenvalue weighted by molar-refractivity contribution is -0.114. The number of carbonyl (C=O) groups is 1. The zero-order chi connectivity index (χ0) is 17.4. The van der Waals surface area contributed by atoms with Gasteiger partial charge in [0.2, 0.25) is 5.91 Å². The van der Waals surface area contributed by atoms with Gasteiger partial charge in [-0.3, -0.25) is 14.4 Å². The van der Waals surface area contributed by atoms with Crippen LogP contribution in [0.15, 0.2) is 21.7 Å². The first-order chi connectivity index (χ1) is 11.4. The molecular weight excluding hydrogens is 308 g/mol. The first-order valence-electron chi connectivity index (χ1n) is 8.16. The van der Waals surface area contributed by atoms with E-state index in [1.54, 1.807) is 20.2 Å². The van der Waals surface area contributed by atoms with Crippen molar-refractivity contribution >= 4 is 28.3 Å². The lowest BCUT2D eigenvalue weighted by atomic mass is 10.1. The summed E-state index contributed by atoms with van der Waals surface area (Å²) < 4.78 is 2.71. The fourth-order valence-electron chi connectivity index (χ4n) is 3.30. The number of amides is 1. The molecule has 1 aromatic carbocycles. The van der Waals surface area contributed by atoms with Gasteiger partial charge in [0, 0.05) is 34.1 Å². The van der Waals surface area contributed by atoms with Gasteiger partial charge in [-0.05, 0) is 31.4 Å². The van der Waals surface area contributed by atoms with Crippen LogP contribution < -0.4 is 21.3 Å². The number of carbonyl (C=O) groups excluding carboxylic acids is 1. The SMILES string of the molecule is CC(=O)Nc1cc2c(cc1N1CCCCC1)n(C)c(=O)c(=O)n2C. The van der Waals surface area contributed by atoms with Crippen molar-refractivity contribution in [2.75, 3.05) is 23.3 Å². The van der Waals surface area contributed by atoms with E-state index < -0.39 is 11.1 Å². The molecule has 1 fully saturated rings. The number of fused-ring (bicyclic) bond motifs is 1. The summed E-state index contributed by atoms with van der Waals surface area (Å²) in [5, 5.41) is 2.86. The Hall–Kier alpha value is -2.57. The Morgan fingerprint density at radius 1 is 0.958 bits per heavy atom. The van der Waals surface area contributed by atoms with E-state index in [1.807, 2.05) is 6.07 Å². The van der Waals surface area contributed by atoms with Crippen LogP contribution in [0.3, 0.4) is 0 Å².